The maximum absolute atomic E-state index is 3.99. The van der Waals surface area contributed by atoms with Gasteiger partial charge in [0.2, 0.25) is 0 Å². The first-order chi connectivity index (χ1) is 18.6. The quantitative estimate of drug-likeness (QED) is 0.411. The number of nitrogens with one attached hydrogen (secondary N) is 4. The van der Waals surface area contributed by atoms with E-state index >= 15 is 0 Å². The maximum Gasteiger partial charge on any atom is 0.0429 e. The molecule has 0 spiro atoms. The van der Waals surface area contributed by atoms with Crippen LogP contribution in [0.4, 0.5) is 0 Å². The van der Waals surface area contributed by atoms with E-state index in [0.29, 0.717) is 17.5 Å². The second-order valence-corrected chi connectivity index (χ2v) is 14.5. The molecule has 7 unspecified atom stereocenters. The van der Waals surface area contributed by atoms with Gasteiger partial charge in [-0.05, 0) is 95.7 Å². The van der Waals surface area contributed by atoms with E-state index < -0.39 is 0 Å². The number of hydrogen-bond acceptors (Lipinski definition) is 4. The first-order valence-electron chi connectivity index (χ1n) is 15.2. The third kappa shape index (κ3) is 4.25. The SMILES string of the molecule is PCC1C2CC3CC(C2)CC1(c1ccc(-c2ccccc2)cc1C(P)(C1CNCCN1)C1CNCCN1)C3. The zero-order valence-corrected chi connectivity index (χ0v) is 25.0. The molecular weight excluding hydrogens is 502 g/mol. The minimum absolute atomic E-state index is 0.115. The Morgan fingerprint density at radius 2 is 1.45 bits per heavy atom. The monoisotopic (exact) mass is 548 g/mol. The molecule has 8 rings (SSSR count). The van der Waals surface area contributed by atoms with Gasteiger partial charge in [0.05, 0.1) is 0 Å². The zero-order valence-electron chi connectivity index (χ0n) is 22.7. The molecule has 7 atom stereocenters. The Hall–Kier alpha value is -0.860. The molecule has 2 saturated heterocycles. The van der Waals surface area contributed by atoms with Crippen LogP contribution in [-0.4, -0.2) is 57.5 Å². The van der Waals surface area contributed by atoms with E-state index in [1.54, 1.807) is 11.1 Å². The summed E-state index contributed by atoms with van der Waals surface area (Å²) in [4.78, 5) is 0. The van der Waals surface area contributed by atoms with Gasteiger partial charge in [0.15, 0.2) is 0 Å². The van der Waals surface area contributed by atoms with Crippen molar-refractivity contribution in [2.75, 3.05) is 45.4 Å². The van der Waals surface area contributed by atoms with E-state index in [1.165, 1.54) is 49.4 Å². The number of rotatable bonds is 6. The summed E-state index contributed by atoms with van der Waals surface area (Å²) in [5, 5.41) is 15.3. The molecule has 0 amide bonds. The lowest BCUT2D eigenvalue weighted by molar-refractivity contribution is -0.0525. The summed E-state index contributed by atoms with van der Waals surface area (Å²) >= 11 is 0. The van der Waals surface area contributed by atoms with Crippen molar-refractivity contribution in [1.29, 1.82) is 0 Å². The largest absolute Gasteiger partial charge is 0.314 e. The van der Waals surface area contributed by atoms with E-state index in [9.17, 15) is 0 Å². The van der Waals surface area contributed by atoms with E-state index in [-0.39, 0.29) is 5.16 Å². The highest BCUT2D eigenvalue weighted by Gasteiger charge is 2.59. The summed E-state index contributed by atoms with van der Waals surface area (Å²) in [6, 6.07) is 19.4. The van der Waals surface area contributed by atoms with E-state index in [1.807, 2.05) is 0 Å². The van der Waals surface area contributed by atoms with Crippen LogP contribution in [0.15, 0.2) is 48.5 Å². The number of hydrogen-bond donors (Lipinski definition) is 4. The highest BCUT2D eigenvalue weighted by atomic mass is 31.0. The predicted molar refractivity (Wildman–Crippen MR) is 166 cm³/mol. The second kappa shape index (κ2) is 10.5. The van der Waals surface area contributed by atoms with E-state index in [0.717, 1.165) is 62.9 Å². The van der Waals surface area contributed by atoms with Gasteiger partial charge in [0.1, 0.15) is 0 Å². The summed E-state index contributed by atoms with van der Waals surface area (Å²) in [6.07, 6.45) is 8.45. The fourth-order valence-electron chi connectivity index (χ4n) is 9.73. The molecule has 4 saturated carbocycles. The summed E-state index contributed by atoms with van der Waals surface area (Å²) in [5.41, 5.74) is 6.25. The second-order valence-electron chi connectivity index (χ2n) is 13.1. The first kappa shape index (κ1) is 26.1. The number of piperazine rings is 2. The smallest absolute Gasteiger partial charge is 0.0429 e. The van der Waals surface area contributed by atoms with Gasteiger partial charge in [-0.25, -0.2) is 0 Å². The fourth-order valence-corrected chi connectivity index (χ4v) is 11.3. The molecule has 6 fully saturated rings. The van der Waals surface area contributed by atoms with Crippen LogP contribution in [0.2, 0.25) is 0 Å². The molecular formula is C32H46N4P2. The van der Waals surface area contributed by atoms with Gasteiger partial charge in [-0.2, -0.15) is 0 Å². The van der Waals surface area contributed by atoms with Crippen molar-refractivity contribution in [2.45, 2.75) is 54.8 Å². The molecule has 0 aromatic heterocycles. The van der Waals surface area contributed by atoms with Gasteiger partial charge in [0.25, 0.3) is 0 Å². The Morgan fingerprint density at radius 1 is 0.789 bits per heavy atom. The van der Waals surface area contributed by atoms with Crippen molar-refractivity contribution < 1.29 is 0 Å². The van der Waals surface area contributed by atoms with Gasteiger partial charge >= 0.3 is 0 Å². The van der Waals surface area contributed by atoms with E-state index in [2.05, 4.69) is 88.3 Å². The van der Waals surface area contributed by atoms with E-state index in [4.69, 9.17) is 0 Å². The van der Waals surface area contributed by atoms with Crippen LogP contribution in [0.1, 0.15) is 43.2 Å². The summed E-state index contributed by atoms with van der Waals surface area (Å²) in [5.74, 6) is 3.53. The molecule has 4 nitrogen and oxygen atoms in total. The molecule has 204 valence electrons. The Bertz CT molecular complexity index is 1100. The van der Waals surface area contributed by atoms with Gasteiger partial charge in [-0.1, -0.05) is 42.5 Å². The van der Waals surface area contributed by atoms with Crippen LogP contribution in [0.25, 0.3) is 11.1 Å². The molecule has 2 aromatic carbocycles. The molecule has 6 heteroatoms. The molecule has 2 aromatic rings. The Morgan fingerprint density at radius 3 is 2.03 bits per heavy atom. The Labute approximate surface area is 234 Å². The van der Waals surface area contributed by atoms with Crippen LogP contribution >= 0.6 is 18.5 Å². The Balaban J connectivity index is 1.44. The highest BCUT2D eigenvalue weighted by Crippen LogP contribution is 2.65. The topological polar surface area (TPSA) is 48.1 Å². The summed E-state index contributed by atoms with van der Waals surface area (Å²) < 4.78 is 0. The molecule has 38 heavy (non-hydrogen) atoms. The average molecular weight is 549 g/mol. The lowest BCUT2D eigenvalue weighted by Gasteiger charge is -2.63. The third-order valence-electron chi connectivity index (χ3n) is 11.1. The minimum Gasteiger partial charge on any atom is -0.314 e. The molecule has 4 bridgehead atoms. The predicted octanol–water partition coefficient (Wildman–Crippen LogP) is 4.12. The average Bonchev–Trinajstić information content (AvgIpc) is 2.97. The fraction of sp³-hybridized carbons (Fsp3) is 0.625. The Kier molecular flexibility index (Phi) is 7.21. The first-order valence-corrected chi connectivity index (χ1v) is 16.6. The standard InChI is InChI=1S/C32H46N4P2/c37-20-28-25-13-21-12-22(14-25)17-31(28,16-21)26-7-6-24(23-4-2-1-3-5-23)15-27(26)32(38,29-18-33-8-10-35-29)30-19-34-9-11-36-30/h1-7,15,21-22,25,28-30,33-36H,8-14,16-20,37-38H2. The van der Waals surface area contributed by atoms with Gasteiger partial charge < -0.3 is 21.3 Å². The molecule has 0 radical (unpaired) electrons. The molecule has 4 N–H and O–H groups in total. The van der Waals surface area contributed by atoms with Crippen molar-refractivity contribution in [3.05, 3.63) is 59.7 Å². The van der Waals surface area contributed by atoms with Crippen LogP contribution in [0, 0.1) is 23.7 Å². The third-order valence-corrected chi connectivity index (χ3v) is 12.8. The molecule has 2 aliphatic heterocycles. The van der Waals surface area contributed by atoms with Crippen molar-refractivity contribution in [2.24, 2.45) is 23.7 Å². The normalized spacial score (nSPS) is 38.2. The summed E-state index contributed by atoms with van der Waals surface area (Å²) in [6.45, 7) is 6.17. The van der Waals surface area contributed by atoms with Crippen molar-refractivity contribution in [1.82, 2.24) is 21.3 Å². The molecule has 2 heterocycles. The van der Waals surface area contributed by atoms with Crippen LogP contribution in [-0.2, 0) is 10.6 Å². The maximum atomic E-state index is 3.99. The van der Waals surface area contributed by atoms with Crippen molar-refractivity contribution in [3.8, 4) is 11.1 Å². The highest BCUT2D eigenvalue weighted by molar-refractivity contribution is 7.18. The van der Waals surface area contributed by atoms with Crippen LogP contribution in [0.5, 0.6) is 0 Å². The van der Waals surface area contributed by atoms with Crippen molar-refractivity contribution in [3.63, 3.8) is 0 Å². The summed E-state index contributed by atoms with van der Waals surface area (Å²) in [7, 11) is 6.66. The van der Waals surface area contributed by atoms with Gasteiger partial charge in [-0.15, -0.1) is 18.5 Å². The molecule has 4 aliphatic carbocycles. The minimum atomic E-state index is -0.115. The van der Waals surface area contributed by atoms with Gasteiger partial charge in [0, 0.05) is 56.5 Å². The zero-order chi connectivity index (χ0) is 25.7. The lowest BCUT2D eigenvalue weighted by Crippen LogP contribution is -2.67. The number of benzene rings is 2. The lowest BCUT2D eigenvalue weighted by atomic mass is 9.43. The van der Waals surface area contributed by atoms with Crippen LogP contribution < -0.4 is 21.3 Å². The molecule has 6 aliphatic rings. The van der Waals surface area contributed by atoms with Crippen LogP contribution in [0.3, 0.4) is 0 Å². The van der Waals surface area contributed by atoms with Gasteiger partial charge in [-0.3, -0.25) is 0 Å². The van der Waals surface area contributed by atoms with Crippen molar-refractivity contribution >= 4 is 18.5 Å².